The lowest BCUT2D eigenvalue weighted by atomic mass is 10.0. The molecule has 28 heavy (non-hydrogen) atoms. The first-order valence-electron chi connectivity index (χ1n) is 9.07. The highest BCUT2D eigenvalue weighted by atomic mass is 16.6. The van der Waals surface area contributed by atoms with Crippen molar-refractivity contribution in [3.8, 4) is 28.4 Å². The number of likely N-dealkylation sites (tertiary alicyclic amines) is 1. The quantitative estimate of drug-likeness (QED) is 0.699. The summed E-state index contributed by atoms with van der Waals surface area (Å²) in [6.07, 6.45) is 3.77. The molecule has 2 N–H and O–H groups in total. The van der Waals surface area contributed by atoms with E-state index in [-0.39, 0.29) is 33.8 Å². The minimum absolute atomic E-state index is 0.00310. The van der Waals surface area contributed by atoms with Gasteiger partial charge in [-0.15, -0.1) is 0 Å². The molecule has 0 spiro atoms. The monoisotopic (exact) mass is 381 g/mol. The number of carbonyl (C=O) groups is 1. The average molecular weight is 381 g/mol. The van der Waals surface area contributed by atoms with Crippen molar-refractivity contribution in [3.63, 3.8) is 0 Å². The number of phenolic OH excluding ortho intramolecular Hbond substituents is 2. The Hall–Kier alpha value is -3.48. The summed E-state index contributed by atoms with van der Waals surface area (Å²) in [6, 6.07) is 8.74. The van der Waals surface area contributed by atoms with Crippen LogP contribution in [0.2, 0.25) is 0 Å². The van der Waals surface area contributed by atoms with Crippen molar-refractivity contribution in [1.82, 2.24) is 4.90 Å². The third-order valence-electron chi connectivity index (χ3n) is 4.83. The van der Waals surface area contributed by atoms with Crippen LogP contribution in [0.3, 0.4) is 0 Å². The number of piperidine rings is 1. The summed E-state index contributed by atoms with van der Waals surface area (Å²) in [5.74, 6) is -0.133. The molecular weight excluding hydrogens is 362 g/mol. The van der Waals surface area contributed by atoms with Crippen LogP contribution in [-0.4, -0.2) is 34.3 Å². The fourth-order valence-corrected chi connectivity index (χ4v) is 3.35. The van der Waals surface area contributed by atoms with Crippen molar-refractivity contribution >= 4 is 17.1 Å². The first-order valence-corrected chi connectivity index (χ1v) is 9.07. The van der Waals surface area contributed by atoms with Gasteiger partial charge in [-0.05, 0) is 37.0 Å². The lowest BCUT2D eigenvalue weighted by Gasteiger charge is -2.25. The molecule has 144 valence electrons. The maximum atomic E-state index is 12.8. The SMILES string of the molecule is O=C(Oc1cc(O)c2c(=O)c(-c3ccc(O)cc3)coc2c1)N1CCCCC1. The predicted octanol–water partition coefficient (Wildman–Crippen LogP) is 3.86. The molecule has 1 saturated heterocycles. The van der Waals surface area contributed by atoms with E-state index < -0.39 is 11.5 Å². The van der Waals surface area contributed by atoms with Gasteiger partial charge in [-0.3, -0.25) is 4.79 Å². The van der Waals surface area contributed by atoms with E-state index in [1.54, 1.807) is 17.0 Å². The Bertz CT molecular complexity index is 1080. The average Bonchev–Trinajstić information content (AvgIpc) is 2.69. The highest BCUT2D eigenvalue weighted by molar-refractivity contribution is 5.88. The van der Waals surface area contributed by atoms with Crippen LogP contribution < -0.4 is 10.2 Å². The molecule has 0 bridgehead atoms. The van der Waals surface area contributed by atoms with Crippen LogP contribution in [0.1, 0.15) is 19.3 Å². The molecule has 1 aromatic heterocycles. The smallest absolute Gasteiger partial charge is 0.415 e. The molecule has 7 heteroatoms. The van der Waals surface area contributed by atoms with Crippen molar-refractivity contribution in [2.24, 2.45) is 0 Å². The van der Waals surface area contributed by atoms with E-state index in [2.05, 4.69) is 0 Å². The lowest BCUT2D eigenvalue weighted by Crippen LogP contribution is -2.37. The maximum Gasteiger partial charge on any atom is 0.415 e. The third kappa shape index (κ3) is 3.38. The Kier molecular flexibility index (Phi) is 4.65. The van der Waals surface area contributed by atoms with Crippen LogP contribution in [0.25, 0.3) is 22.1 Å². The molecule has 1 fully saturated rings. The van der Waals surface area contributed by atoms with Gasteiger partial charge in [0.1, 0.15) is 34.5 Å². The van der Waals surface area contributed by atoms with Crippen LogP contribution in [0.4, 0.5) is 4.79 Å². The number of benzene rings is 2. The number of nitrogens with zero attached hydrogens (tertiary/aromatic N) is 1. The molecule has 4 rings (SSSR count). The van der Waals surface area contributed by atoms with E-state index in [1.165, 1.54) is 30.5 Å². The van der Waals surface area contributed by atoms with Crippen LogP contribution in [0.15, 0.2) is 51.9 Å². The number of phenols is 2. The Morgan fingerprint density at radius 2 is 1.75 bits per heavy atom. The van der Waals surface area contributed by atoms with Gasteiger partial charge in [-0.1, -0.05) is 12.1 Å². The van der Waals surface area contributed by atoms with Crippen molar-refractivity contribution < 1.29 is 24.2 Å². The summed E-state index contributed by atoms with van der Waals surface area (Å²) >= 11 is 0. The zero-order valence-electron chi connectivity index (χ0n) is 15.1. The van der Waals surface area contributed by atoms with E-state index in [1.807, 2.05) is 0 Å². The molecule has 1 amide bonds. The summed E-state index contributed by atoms with van der Waals surface area (Å²) in [5, 5.41) is 19.8. The molecule has 0 unspecified atom stereocenters. The molecular formula is C21H19NO6. The van der Waals surface area contributed by atoms with Crippen LogP contribution in [-0.2, 0) is 0 Å². The number of aromatic hydroxyl groups is 2. The summed E-state index contributed by atoms with van der Waals surface area (Å²) in [7, 11) is 0. The number of ether oxygens (including phenoxy) is 1. The number of carbonyl (C=O) groups excluding carboxylic acids is 1. The van der Waals surface area contributed by atoms with Gasteiger partial charge in [-0.2, -0.15) is 0 Å². The maximum absolute atomic E-state index is 12.8. The van der Waals surface area contributed by atoms with E-state index in [0.717, 1.165) is 19.3 Å². The van der Waals surface area contributed by atoms with Gasteiger partial charge >= 0.3 is 6.09 Å². The molecule has 1 aliphatic rings. The Balaban J connectivity index is 1.68. The minimum Gasteiger partial charge on any atom is -0.508 e. The largest absolute Gasteiger partial charge is 0.508 e. The highest BCUT2D eigenvalue weighted by Gasteiger charge is 2.20. The second-order valence-corrected chi connectivity index (χ2v) is 6.76. The minimum atomic E-state index is -0.485. The van der Waals surface area contributed by atoms with Gasteiger partial charge in [-0.25, -0.2) is 4.79 Å². The summed E-state index contributed by atoms with van der Waals surface area (Å²) in [6.45, 7) is 1.28. The van der Waals surface area contributed by atoms with E-state index in [9.17, 15) is 19.8 Å². The third-order valence-corrected chi connectivity index (χ3v) is 4.83. The Morgan fingerprint density at radius 3 is 2.46 bits per heavy atom. The van der Waals surface area contributed by atoms with Gasteiger partial charge < -0.3 is 24.3 Å². The fraction of sp³-hybridized carbons (Fsp3) is 0.238. The Morgan fingerprint density at radius 1 is 1.04 bits per heavy atom. The normalized spacial score (nSPS) is 14.2. The lowest BCUT2D eigenvalue weighted by molar-refractivity contribution is 0.142. The standard InChI is InChI=1S/C21H19NO6/c23-14-6-4-13(5-7-14)16-12-27-18-11-15(10-17(24)19(18)20(16)25)28-21(26)22-8-2-1-3-9-22/h4-7,10-12,23-24H,1-3,8-9H2. The van der Waals surface area contributed by atoms with Crippen molar-refractivity contribution in [2.75, 3.05) is 13.1 Å². The van der Waals surface area contributed by atoms with E-state index in [4.69, 9.17) is 9.15 Å². The van der Waals surface area contributed by atoms with Gasteiger partial charge in [0.25, 0.3) is 0 Å². The van der Waals surface area contributed by atoms with E-state index >= 15 is 0 Å². The Labute approximate surface area is 160 Å². The first-order chi connectivity index (χ1) is 13.5. The summed E-state index contributed by atoms with van der Waals surface area (Å²) in [4.78, 5) is 26.7. The second-order valence-electron chi connectivity index (χ2n) is 6.76. The zero-order valence-corrected chi connectivity index (χ0v) is 15.1. The molecule has 0 atom stereocenters. The van der Waals surface area contributed by atoms with Gasteiger partial charge in [0.05, 0.1) is 5.56 Å². The summed E-state index contributed by atoms with van der Waals surface area (Å²) < 4.78 is 10.9. The first kappa shape index (κ1) is 17.9. The van der Waals surface area contributed by atoms with E-state index in [0.29, 0.717) is 18.7 Å². The molecule has 2 heterocycles. The fourth-order valence-electron chi connectivity index (χ4n) is 3.35. The number of amides is 1. The molecule has 3 aromatic rings. The molecule has 0 aliphatic carbocycles. The highest BCUT2D eigenvalue weighted by Crippen LogP contribution is 2.31. The topological polar surface area (TPSA) is 100 Å². The molecule has 7 nitrogen and oxygen atoms in total. The predicted molar refractivity (Wildman–Crippen MR) is 103 cm³/mol. The van der Waals surface area contributed by atoms with Gasteiger partial charge in [0.15, 0.2) is 0 Å². The number of hydrogen-bond donors (Lipinski definition) is 2. The van der Waals surface area contributed by atoms with Crippen molar-refractivity contribution in [3.05, 3.63) is 52.9 Å². The zero-order chi connectivity index (χ0) is 19.7. The van der Waals surface area contributed by atoms with Crippen molar-refractivity contribution in [2.45, 2.75) is 19.3 Å². The molecule has 2 aromatic carbocycles. The number of fused-ring (bicyclic) bond motifs is 1. The second kappa shape index (κ2) is 7.26. The van der Waals surface area contributed by atoms with Gasteiger partial charge in [0, 0.05) is 25.2 Å². The number of hydrogen-bond acceptors (Lipinski definition) is 6. The van der Waals surface area contributed by atoms with Gasteiger partial charge in [0.2, 0.25) is 5.43 Å². The molecule has 1 aliphatic heterocycles. The molecule has 0 radical (unpaired) electrons. The van der Waals surface area contributed by atoms with Crippen LogP contribution >= 0.6 is 0 Å². The van der Waals surface area contributed by atoms with Crippen LogP contribution in [0, 0.1) is 0 Å². The van der Waals surface area contributed by atoms with Crippen LogP contribution in [0.5, 0.6) is 17.2 Å². The summed E-state index contributed by atoms with van der Waals surface area (Å²) in [5.41, 5.74) is 0.502. The number of rotatable bonds is 2. The molecule has 0 saturated carbocycles. The van der Waals surface area contributed by atoms with Crippen molar-refractivity contribution in [1.29, 1.82) is 0 Å².